The van der Waals surface area contributed by atoms with Gasteiger partial charge in [-0.3, -0.25) is 4.79 Å². The molecule has 1 aliphatic rings. The Balaban J connectivity index is 1.40. The third-order valence-corrected chi connectivity index (χ3v) is 4.81. The first-order chi connectivity index (χ1) is 13.6. The highest BCUT2D eigenvalue weighted by Crippen LogP contribution is 2.29. The van der Waals surface area contributed by atoms with Crippen molar-refractivity contribution in [3.05, 3.63) is 66.2 Å². The van der Waals surface area contributed by atoms with Gasteiger partial charge in [0.25, 0.3) is 5.91 Å². The fraction of sp³-hybridized carbons (Fsp3) is 0.227. The van der Waals surface area contributed by atoms with Crippen LogP contribution in [0.25, 0.3) is 10.8 Å². The highest BCUT2D eigenvalue weighted by Gasteiger charge is 2.21. The molecular weight excluding hydrogens is 362 g/mol. The van der Waals surface area contributed by atoms with Gasteiger partial charge in [-0.1, -0.05) is 30.3 Å². The SMILES string of the molecule is O=C(COc1ccc2ccccc2c1)Nc1cc(F)c(N2CCCC2)c(F)c1. The zero-order valence-electron chi connectivity index (χ0n) is 15.3. The van der Waals surface area contributed by atoms with Crippen molar-refractivity contribution in [3.8, 4) is 5.75 Å². The summed E-state index contributed by atoms with van der Waals surface area (Å²) in [6.07, 6.45) is 1.84. The number of anilines is 2. The van der Waals surface area contributed by atoms with Gasteiger partial charge in [-0.05, 0) is 47.9 Å². The molecule has 3 aromatic rings. The predicted molar refractivity (Wildman–Crippen MR) is 106 cm³/mol. The van der Waals surface area contributed by atoms with Gasteiger partial charge in [0.05, 0.1) is 0 Å². The Hall–Kier alpha value is -3.15. The van der Waals surface area contributed by atoms with Crippen molar-refractivity contribution in [1.29, 1.82) is 0 Å². The molecule has 1 heterocycles. The lowest BCUT2D eigenvalue weighted by molar-refractivity contribution is -0.118. The minimum absolute atomic E-state index is 0.0251. The molecule has 0 aromatic heterocycles. The van der Waals surface area contributed by atoms with Gasteiger partial charge in [-0.2, -0.15) is 0 Å². The molecule has 1 N–H and O–H groups in total. The number of rotatable bonds is 5. The third-order valence-electron chi connectivity index (χ3n) is 4.81. The van der Waals surface area contributed by atoms with Gasteiger partial charge in [-0.25, -0.2) is 8.78 Å². The van der Waals surface area contributed by atoms with Gasteiger partial charge in [0.2, 0.25) is 0 Å². The largest absolute Gasteiger partial charge is 0.484 e. The Morgan fingerprint density at radius 3 is 2.36 bits per heavy atom. The molecule has 1 fully saturated rings. The molecule has 4 nitrogen and oxygen atoms in total. The predicted octanol–water partition coefficient (Wildman–Crippen LogP) is 4.74. The van der Waals surface area contributed by atoms with E-state index in [-0.39, 0.29) is 18.0 Å². The normalized spacial score (nSPS) is 13.7. The standard InChI is InChI=1S/C22H20F2N2O2/c23-19-12-17(13-20(24)22(19)26-9-3-4-10-26)25-21(27)14-28-18-8-7-15-5-1-2-6-16(15)11-18/h1-2,5-8,11-13H,3-4,9-10,14H2,(H,25,27). The molecule has 0 saturated carbocycles. The number of halogens is 2. The summed E-state index contributed by atoms with van der Waals surface area (Å²) in [7, 11) is 0. The highest BCUT2D eigenvalue weighted by atomic mass is 19.1. The average molecular weight is 382 g/mol. The first-order valence-electron chi connectivity index (χ1n) is 9.25. The van der Waals surface area contributed by atoms with Crippen molar-refractivity contribution in [2.75, 3.05) is 29.9 Å². The summed E-state index contributed by atoms with van der Waals surface area (Å²) >= 11 is 0. The van der Waals surface area contributed by atoms with E-state index < -0.39 is 17.5 Å². The molecule has 1 saturated heterocycles. The molecule has 0 radical (unpaired) electrons. The summed E-state index contributed by atoms with van der Waals surface area (Å²) in [4.78, 5) is 13.8. The topological polar surface area (TPSA) is 41.6 Å². The number of carbonyl (C=O) groups is 1. The molecule has 0 aliphatic carbocycles. The van der Waals surface area contributed by atoms with Crippen molar-refractivity contribution >= 4 is 28.1 Å². The molecule has 4 rings (SSSR count). The van der Waals surface area contributed by atoms with Crippen molar-refractivity contribution in [2.45, 2.75) is 12.8 Å². The number of carbonyl (C=O) groups excluding carboxylic acids is 1. The second-order valence-corrected chi connectivity index (χ2v) is 6.83. The molecular formula is C22H20F2N2O2. The van der Waals surface area contributed by atoms with Crippen LogP contribution in [0.4, 0.5) is 20.2 Å². The first-order valence-corrected chi connectivity index (χ1v) is 9.25. The van der Waals surface area contributed by atoms with Crippen LogP contribution in [0.15, 0.2) is 54.6 Å². The van der Waals surface area contributed by atoms with Gasteiger partial charge in [0.1, 0.15) is 11.4 Å². The van der Waals surface area contributed by atoms with Crippen molar-refractivity contribution in [2.24, 2.45) is 0 Å². The van der Waals surface area contributed by atoms with Crippen LogP contribution in [0.3, 0.4) is 0 Å². The lowest BCUT2D eigenvalue weighted by Gasteiger charge is -2.19. The van der Waals surface area contributed by atoms with Crippen LogP contribution in [-0.2, 0) is 4.79 Å². The van der Waals surface area contributed by atoms with Crippen LogP contribution in [0, 0.1) is 11.6 Å². The molecule has 3 aromatic carbocycles. The maximum Gasteiger partial charge on any atom is 0.262 e. The summed E-state index contributed by atoms with van der Waals surface area (Å²) in [6.45, 7) is 1.02. The first kappa shape index (κ1) is 18.2. The van der Waals surface area contributed by atoms with E-state index in [1.54, 1.807) is 11.0 Å². The highest BCUT2D eigenvalue weighted by molar-refractivity contribution is 5.92. The molecule has 0 unspecified atom stereocenters. The zero-order valence-corrected chi connectivity index (χ0v) is 15.3. The molecule has 144 valence electrons. The quantitative estimate of drug-likeness (QED) is 0.693. The van der Waals surface area contributed by atoms with E-state index in [1.807, 2.05) is 36.4 Å². The summed E-state index contributed by atoms with van der Waals surface area (Å²) in [5, 5.41) is 4.56. The second-order valence-electron chi connectivity index (χ2n) is 6.83. The fourth-order valence-electron chi connectivity index (χ4n) is 3.48. The summed E-state index contributed by atoms with van der Waals surface area (Å²) in [5.41, 5.74) is 0.0490. The number of nitrogens with zero attached hydrogens (tertiary/aromatic N) is 1. The summed E-state index contributed by atoms with van der Waals surface area (Å²) < 4.78 is 34.2. The van der Waals surface area contributed by atoms with Gasteiger partial charge < -0.3 is 15.0 Å². The summed E-state index contributed by atoms with van der Waals surface area (Å²) in [6, 6.07) is 15.6. The van der Waals surface area contributed by atoms with Crippen LogP contribution in [0.5, 0.6) is 5.75 Å². The minimum Gasteiger partial charge on any atom is -0.484 e. The molecule has 6 heteroatoms. The van der Waals surface area contributed by atoms with E-state index in [1.165, 1.54) is 0 Å². The fourth-order valence-corrected chi connectivity index (χ4v) is 3.48. The molecule has 1 aliphatic heterocycles. The van der Waals surface area contributed by atoms with Crippen LogP contribution < -0.4 is 15.0 Å². The average Bonchev–Trinajstić information content (AvgIpc) is 3.20. The van der Waals surface area contributed by atoms with Crippen molar-refractivity contribution < 1.29 is 18.3 Å². The Morgan fingerprint density at radius 2 is 1.64 bits per heavy atom. The summed E-state index contributed by atoms with van der Waals surface area (Å²) in [5.74, 6) is -1.28. The van der Waals surface area contributed by atoms with Gasteiger partial charge in [0, 0.05) is 18.8 Å². The third kappa shape index (κ3) is 3.91. The molecule has 1 amide bonds. The molecule has 0 bridgehead atoms. The number of hydrogen-bond acceptors (Lipinski definition) is 3. The number of fused-ring (bicyclic) bond motifs is 1. The number of nitrogens with one attached hydrogen (secondary N) is 1. The Morgan fingerprint density at radius 1 is 0.964 bits per heavy atom. The van der Waals surface area contributed by atoms with Gasteiger partial charge in [0.15, 0.2) is 18.2 Å². The van der Waals surface area contributed by atoms with Crippen molar-refractivity contribution in [1.82, 2.24) is 0 Å². The number of hydrogen-bond donors (Lipinski definition) is 1. The smallest absolute Gasteiger partial charge is 0.262 e. The van der Waals surface area contributed by atoms with E-state index in [2.05, 4.69) is 5.32 Å². The molecule has 0 atom stereocenters. The monoisotopic (exact) mass is 382 g/mol. The van der Waals surface area contributed by atoms with E-state index >= 15 is 0 Å². The van der Waals surface area contributed by atoms with Gasteiger partial charge >= 0.3 is 0 Å². The maximum atomic E-state index is 14.3. The Kier molecular flexibility index (Phi) is 5.10. The molecule has 0 spiro atoms. The minimum atomic E-state index is -0.673. The van der Waals surface area contributed by atoms with E-state index in [9.17, 15) is 13.6 Å². The van der Waals surface area contributed by atoms with E-state index in [4.69, 9.17) is 4.74 Å². The number of amides is 1. The van der Waals surface area contributed by atoms with Crippen LogP contribution in [0.1, 0.15) is 12.8 Å². The van der Waals surface area contributed by atoms with E-state index in [0.29, 0.717) is 18.8 Å². The van der Waals surface area contributed by atoms with Crippen molar-refractivity contribution in [3.63, 3.8) is 0 Å². The van der Waals surface area contributed by atoms with Crippen LogP contribution >= 0.6 is 0 Å². The lowest BCUT2D eigenvalue weighted by atomic mass is 10.1. The van der Waals surface area contributed by atoms with E-state index in [0.717, 1.165) is 35.7 Å². The van der Waals surface area contributed by atoms with Crippen LogP contribution in [-0.4, -0.2) is 25.6 Å². The second kappa shape index (κ2) is 7.84. The Labute approximate surface area is 161 Å². The molecule has 28 heavy (non-hydrogen) atoms. The van der Waals surface area contributed by atoms with Gasteiger partial charge in [-0.15, -0.1) is 0 Å². The number of ether oxygens (including phenoxy) is 1. The Bertz CT molecular complexity index is 993. The maximum absolute atomic E-state index is 14.3. The number of benzene rings is 3. The lowest BCUT2D eigenvalue weighted by Crippen LogP contribution is -2.22. The zero-order chi connectivity index (χ0) is 19.5. The van der Waals surface area contributed by atoms with Crippen LogP contribution in [0.2, 0.25) is 0 Å².